The second-order valence-corrected chi connectivity index (χ2v) is 9.32. The highest BCUT2D eigenvalue weighted by Gasteiger charge is 2.07. The van der Waals surface area contributed by atoms with E-state index in [1.165, 1.54) is 80.2 Å². The first-order valence-electron chi connectivity index (χ1n) is 13.4. The van der Waals surface area contributed by atoms with Crippen molar-refractivity contribution in [3.63, 3.8) is 0 Å². The Morgan fingerprint density at radius 1 is 0.676 bits per heavy atom. The minimum atomic E-state index is -0.126. The summed E-state index contributed by atoms with van der Waals surface area (Å²) in [5, 5.41) is 5.87. The molecule has 0 bridgehead atoms. The van der Waals surface area contributed by atoms with Gasteiger partial charge in [-0.3, -0.25) is 0 Å². The zero-order chi connectivity index (χ0) is 23.8. The number of rotatable bonds is 17. The minimum Gasteiger partial charge on any atom is -0.493 e. The summed E-state index contributed by atoms with van der Waals surface area (Å²) in [4.78, 5) is 0. The molecule has 0 aliphatic heterocycles. The van der Waals surface area contributed by atoms with Gasteiger partial charge in [0.25, 0.3) is 0 Å². The molecule has 3 aromatic rings. The van der Waals surface area contributed by atoms with E-state index in [-0.39, 0.29) is 5.82 Å². The van der Waals surface area contributed by atoms with Gasteiger partial charge in [0.05, 0.1) is 6.61 Å². The number of ether oxygens (including phenoxy) is 1. The second-order valence-electron chi connectivity index (χ2n) is 9.32. The second kappa shape index (κ2) is 15.5. The first kappa shape index (κ1) is 26.2. The number of fused-ring (bicyclic) bond motifs is 1. The average Bonchev–Trinajstić information content (AvgIpc) is 2.87. The molecular formula is C31H42FNO. The van der Waals surface area contributed by atoms with Crippen molar-refractivity contribution < 1.29 is 9.13 Å². The number of unbranched alkanes of at least 4 members (excludes halogenated alkanes) is 9. The van der Waals surface area contributed by atoms with Crippen LogP contribution in [0.3, 0.4) is 0 Å². The number of hydrogen-bond donors (Lipinski definition) is 1. The van der Waals surface area contributed by atoms with Crippen LogP contribution in [0.4, 0.5) is 4.39 Å². The van der Waals surface area contributed by atoms with Gasteiger partial charge in [0, 0.05) is 11.9 Å². The van der Waals surface area contributed by atoms with Gasteiger partial charge in [0.2, 0.25) is 0 Å². The van der Waals surface area contributed by atoms with Gasteiger partial charge in [-0.25, -0.2) is 4.39 Å². The van der Waals surface area contributed by atoms with Crippen molar-refractivity contribution in [3.8, 4) is 5.75 Å². The fraction of sp³-hybridized carbons (Fsp3) is 0.484. The molecular weight excluding hydrogens is 421 g/mol. The molecule has 0 atom stereocenters. The van der Waals surface area contributed by atoms with E-state index < -0.39 is 0 Å². The van der Waals surface area contributed by atoms with Crippen LogP contribution in [0.2, 0.25) is 0 Å². The molecule has 0 aromatic heterocycles. The van der Waals surface area contributed by atoms with E-state index in [9.17, 15) is 4.39 Å². The molecule has 0 unspecified atom stereocenters. The Balaban J connectivity index is 1.39. The SMILES string of the molecule is CCCCCCCCCCCCOc1ccc(CNCCc2ccccc2F)c2ccccc12. The Kier molecular flexibility index (Phi) is 12.0. The van der Waals surface area contributed by atoms with Gasteiger partial charge in [0.15, 0.2) is 0 Å². The predicted molar refractivity (Wildman–Crippen MR) is 143 cm³/mol. The lowest BCUT2D eigenvalue weighted by Crippen LogP contribution is -2.17. The van der Waals surface area contributed by atoms with Crippen molar-refractivity contribution in [1.29, 1.82) is 0 Å². The van der Waals surface area contributed by atoms with Crippen molar-refractivity contribution in [1.82, 2.24) is 5.32 Å². The van der Waals surface area contributed by atoms with Crippen molar-refractivity contribution in [2.45, 2.75) is 84.1 Å². The summed E-state index contributed by atoms with van der Waals surface area (Å²) < 4.78 is 20.0. The van der Waals surface area contributed by atoms with Crippen LogP contribution in [-0.4, -0.2) is 13.2 Å². The Morgan fingerprint density at radius 3 is 2.06 bits per heavy atom. The number of hydrogen-bond acceptors (Lipinski definition) is 2. The van der Waals surface area contributed by atoms with Gasteiger partial charge < -0.3 is 10.1 Å². The zero-order valence-electron chi connectivity index (χ0n) is 21.0. The van der Waals surface area contributed by atoms with Crippen molar-refractivity contribution in [2.75, 3.05) is 13.2 Å². The van der Waals surface area contributed by atoms with Gasteiger partial charge >= 0.3 is 0 Å². The topological polar surface area (TPSA) is 21.3 Å². The predicted octanol–water partition coefficient (Wildman–Crippen LogP) is 8.61. The van der Waals surface area contributed by atoms with Crippen LogP contribution in [0, 0.1) is 5.82 Å². The third-order valence-electron chi connectivity index (χ3n) is 6.57. The number of benzene rings is 3. The lowest BCUT2D eigenvalue weighted by atomic mass is 10.0. The van der Waals surface area contributed by atoms with E-state index in [0.29, 0.717) is 6.42 Å². The van der Waals surface area contributed by atoms with Crippen LogP contribution in [0.1, 0.15) is 82.3 Å². The third-order valence-corrected chi connectivity index (χ3v) is 6.57. The standard InChI is InChI=1S/C31H42FNO/c1-2-3-4-5-6-7-8-9-10-15-24-34-31-21-20-27(28-17-12-13-18-29(28)31)25-33-23-22-26-16-11-14-19-30(26)32/h11-14,16-21,33H,2-10,15,22-25H2,1H3. The first-order chi connectivity index (χ1) is 16.8. The average molecular weight is 464 g/mol. The van der Waals surface area contributed by atoms with Gasteiger partial charge in [-0.2, -0.15) is 0 Å². The number of halogens is 1. The smallest absolute Gasteiger partial charge is 0.127 e. The maximum absolute atomic E-state index is 13.8. The molecule has 0 aliphatic carbocycles. The molecule has 0 spiro atoms. The number of nitrogens with one attached hydrogen (secondary N) is 1. The van der Waals surface area contributed by atoms with E-state index in [1.54, 1.807) is 6.07 Å². The molecule has 0 saturated heterocycles. The molecule has 184 valence electrons. The highest BCUT2D eigenvalue weighted by atomic mass is 19.1. The van der Waals surface area contributed by atoms with Gasteiger partial charge in [-0.1, -0.05) is 113 Å². The Labute approximate surface area is 205 Å². The van der Waals surface area contributed by atoms with Crippen molar-refractivity contribution in [3.05, 3.63) is 77.6 Å². The summed E-state index contributed by atoms with van der Waals surface area (Å²) >= 11 is 0. The summed E-state index contributed by atoms with van der Waals surface area (Å²) in [6.45, 7) is 4.55. The lowest BCUT2D eigenvalue weighted by molar-refractivity contribution is 0.307. The highest BCUT2D eigenvalue weighted by Crippen LogP contribution is 2.29. The molecule has 0 aliphatic rings. The molecule has 3 rings (SSSR count). The van der Waals surface area contributed by atoms with Gasteiger partial charge in [0.1, 0.15) is 11.6 Å². The summed E-state index contributed by atoms with van der Waals surface area (Å²) in [6.07, 6.45) is 14.0. The molecule has 0 radical (unpaired) electrons. The van der Waals surface area contributed by atoms with Crippen LogP contribution in [0.15, 0.2) is 60.7 Å². The van der Waals surface area contributed by atoms with E-state index in [4.69, 9.17) is 4.74 Å². The Morgan fingerprint density at radius 2 is 1.32 bits per heavy atom. The van der Waals surface area contributed by atoms with E-state index in [0.717, 1.165) is 37.4 Å². The monoisotopic (exact) mass is 463 g/mol. The maximum atomic E-state index is 13.8. The van der Waals surface area contributed by atoms with Crippen LogP contribution in [0.25, 0.3) is 10.8 Å². The van der Waals surface area contributed by atoms with Gasteiger partial charge in [-0.15, -0.1) is 0 Å². The van der Waals surface area contributed by atoms with Crippen LogP contribution in [0.5, 0.6) is 5.75 Å². The molecule has 0 saturated carbocycles. The Hall–Kier alpha value is -2.39. The summed E-state index contributed by atoms with van der Waals surface area (Å²) in [7, 11) is 0. The Bertz CT molecular complexity index is 971. The minimum absolute atomic E-state index is 0.126. The van der Waals surface area contributed by atoms with Crippen molar-refractivity contribution in [2.24, 2.45) is 0 Å². The third kappa shape index (κ3) is 8.76. The fourth-order valence-corrected chi connectivity index (χ4v) is 4.53. The summed E-state index contributed by atoms with van der Waals surface area (Å²) in [5.74, 6) is 0.847. The molecule has 0 amide bonds. The molecule has 34 heavy (non-hydrogen) atoms. The summed E-state index contributed by atoms with van der Waals surface area (Å²) in [5.41, 5.74) is 2.01. The lowest BCUT2D eigenvalue weighted by Gasteiger charge is -2.13. The molecule has 3 aromatic carbocycles. The van der Waals surface area contributed by atoms with E-state index in [1.807, 2.05) is 12.1 Å². The largest absolute Gasteiger partial charge is 0.493 e. The first-order valence-corrected chi connectivity index (χ1v) is 13.4. The van der Waals surface area contributed by atoms with Crippen molar-refractivity contribution >= 4 is 10.8 Å². The van der Waals surface area contributed by atoms with Crippen LogP contribution >= 0.6 is 0 Å². The molecule has 0 fully saturated rings. The molecule has 3 heteroatoms. The van der Waals surface area contributed by atoms with Gasteiger partial charge in [-0.05, 0) is 48.0 Å². The molecule has 2 nitrogen and oxygen atoms in total. The van der Waals surface area contributed by atoms with E-state index in [2.05, 4.69) is 48.6 Å². The highest BCUT2D eigenvalue weighted by molar-refractivity contribution is 5.91. The van der Waals surface area contributed by atoms with E-state index >= 15 is 0 Å². The molecule has 1 N–H and O–H groups in total. The summed E-state index contributed by atoms with van der Waals surface area (Å²) in [6, 6.07) is 19.7. The maximum Gasteiger partial charge on any atom is 0.127 e. The fourth-order valence-electron chi connectivity index (χ4n) is 4.53. The normalized spacial score (nSPS) is 11.2. The quantitative estimate of drug-likeness (QED) is 0.202. The van der Waals surface area contributed by atoms with Crippen LogP contribution in [-0.2, 0) is 13.0 Å². The zero-order valence-corrected chi connectivity index (χ0v) is 21.0. The van der Waals surface area contributed by atoms with Crippen LogP contribution < -0.4 is 10.1 Å². The molecule has 0 heterocycles.